The number of nitrogens with zero attached hydrogens (tertiary/aromatic N) is 2. The first-order valence-electron chi connectivity index (χ1n) is 9.39. The van der Waals surface area contributed by atoms with Crippen LogP contribution in [0.1, 0.15) is 34.7 Å². The molecule has 0 fully saturated rings. The van der Waals surface area contributed by atoms with E-state index in [4.69, 9.17) is 0 Å². The van der Waals surface area contributed by atoms with E-state index in [-0.39, 0.29) is 17.0 Å². The third-order valence-electron chi connectivity index (χ3n) is 4.77. The summed E-state index contributed by atoms with van der Waals surface area (Å²) in [6, 6.07) is 6.00. The number of carbonyl (C=O) groups is 1. The number of alkyl halides is 3. The Kier molecular flexibility index (Phi) is 5.88. The fourth-order valence-electron chi connectivity index (χ4n) is 3.43. The Hall–Kier alpha value is -2.33. The predicted molar refractivity (Wildman–Crippen MR) is 112 cm³/mol. The SMILES string of the molecule is O=C(CSCc1cc(=O)n2c3c(sc2n1)CCCC3)Nc1cccc(C(F)(F)F)c1. The molecule has 10 heteroatoms. The maximum atomic E-state index is 12.8. The van der Waals surface area contributed by atoms with Gasteiger partial charge in [-0.2, -0.15) is 13.2 Å². The zero-order valence-corrected chi connectivity index (χ0v) is 17.4. The molecule has 1 N–H and O–H groups in total. The van der Waals surface area contributed by atoms with Crippen LogP contribution in [-0.4, -0.2) is 21.0 Å². The van der Waals surface area contributed by atoms with Crippen LogP contribution in [0.4, 0.5) is 18.9 Å². The molecule has 158 valence electrons. The molecule has 0 saturated heterocycles. The second-order valence-corrected chi connectivity index (χ2v) is 9.05. The molecule has 4 rings (SSSR count). The van der Waals surface area contributed by atoms with E-state index in [1.165, 1.54) is 34.8 Å². The van der Waals surface area contributed by atoms with Gasteiger partial charge in [0.1, 0.15) is 0 Å². The molecule has 0 radical (unpaired) electrons. The van der Waals surface area contributed by atoms with E-state index < -0.39 is 17.6 Å². The number of hydrogen-bond acceptors (Lipinski definition) is 5. The van der Waals surface area contributed by atoms with Gasteiger partial charge in [0.05, 0.1) is 17.0 Å². The van der Waals surface area contributed by atoms with E-state index in [1.807, 2.05) is 0 Å². The minimum atomic E-state index is -4.46. The molecule has 2 heterocycles. The summed E-state index contributed by atoms with van der Waals surface area (Å²) in [4.78, 5) is 31.1. The lowest BCUT2D eigenvalue weighted by Gasteiger charge is -2.10. The first-order valence-corrected chi connectivity index (χ1v) is 11.4. The predicted octanol–water partition coefficient (Wildman–Crippen LogP) is 4.53. The van der Waals surface area contributed by atoms with Crippen LogP contribution in [-0.2, 0) is 29.6 Å². The fourth-order valence-corrected chi connectivity index (χ4v) is 5.38. The Morgan fingerprint density at radius 2 is 2.03 bits per heavy atom. The maximum absolute atomic E-state index is 12.8. The van der Waals surface area contributed by atoms with Crippen LogP contribution >= 0.6 is 23.1 Å². The Bertz CT molecular complexity index is 1150. The van der Waals surface area contributed by atoms with Gasteiger partial charge in [0.15, 0.2) is 4.96 Å². The van der Waals surface area contributed by atoms with Gasteiger partial charge in [0, 0.05) is 28.1 Å². The molecule has 2 aromatic heterocycles. The third kappa shape index (κ3) is 4.54. The van der Waals surface area contributed by atoms with Crippen LogP contribution in [0, 0.1) is 0 Å². The van der Waals surface area contributed by atoms with Crippen molar-refractivity contribution < 1.29 is 18.0 Å². The first kappa shape index (κ1) is 20.9. The number of fused-ring (bicyclic) bond motifs is 3. The number of benzene rings is 1. The van der Waals surface area contributed by atoms with Crippen LogP contribution < -0.4 is 10.9 Å². The van der Waals surface area contributed by atoms with Gasteiger partial charge in [-0.25, -0.2) is 4.98 Å². The van der Waals surface area contributed by atoms with E-state index in [2.05, 4.69) is 10.3 Å². The van der Waals surface area contributed by atoms with E-state index in [0.29, 0.717) is 16.4 Å². The number of halogens is 3. The van der Waals surface area contributed by atoms with Gasteiger partial charge in [-0.1, -0.05) is 6.07 Å². The summed E-state index contributed by atoms with van der Waals surface area (Å²) < 4.78 is 40.0. The molecule has 0 bridgehead atoms. The number of thiazole rings is 1. The number of hydrogen-bond donors (Lipinski definition) is 1. The van der Waals surface area contributed by atoms with Crippen molar-refractivity contribution in [2.24, 2.45) is 0 Å². The maximum Gasteiger partial charge on any atom is 0.416 e. The van der Waals surface area contributed by atoms with Gasteiger partial charge < -0.3 is 5.32 Å². The van der Waals surface area contributed by atoms with Crippen molar-refractivity contribution in [1.82, 2.24) is 9.38 Å². The number of aromatic nitrogens is 2. The zero-order chi connectivity index (χ0) is 21.3. The average molecular weight is 454 g/mol. The molecule has 0 atom stereocenters. The van der Waals surface area contributed by atoms with Crippen LogP contribution in [0.5, 0.6) is 0 Å². The van der Waals surface area contributed by atoms with Gasteiger partial charge in [-0.15, -0.1) is 23.1 Å². The lowest BCUT2D eigenvalue weighted by Crippen LogP contribution is -2.18. The minimum absolute atomic E-state index is 0.0399. The number of nitrogens with one attached hydrogen (secondary N) is 1. The van der Waals surface area contributed by atoms with Gasteiger partial charge in [-0.05, 0) is 43.9 Å². The smallest absolute Gasteiger partial charge is 0.325 e. The molecule has 5 nitrogen and oxygen atoms in total. The molecule has 0 spiro atoms. The van der Waals surface area contributed by atoms with Gasteiger partial charge in [0.25, 0.3) is 5.56 Å². The fraction of sp³-hybridized carbons (Fsp3) is 0.350. The summed E-state index contributed by atoms with van der Waals surface area (Å²) in [7, 11) is 0. The van der Waals surface area contributed by atoms with E-state index >= 15 is 0 Å². The average Bonchev–Trinajstić information content (AvgIpc) is 3.06. The number of thioether (sulfide) groups is 1. The van der Waals surface area contributed by atoms with Crippen LogP contribution in [0.3, 0.4) is 0 Å². The zero-order valence-electron chi connectivity index (χ0n) is 15.8. The topological polar surface area (TPSA) is 63.5 Å². The highest BCUT2D eigenvalue weighted by Crippen LogP contribution is 2.31. The van der Waals surface area contributed by atoms with Gasteiger partial charge >= 0.3 is 6.18 Å². The molecule has 1 aromatic carbocycles. The number of anilines is 1. The summed E-state index contributed by atoms with van der Waals surface area (Å²) in [6.07, 6.45) is -0.402. The van der Waals surface area contributed by atoms with Crippen molar-refractivity contribution in [3.8, 4) is 0 Å². The van der Waals surface area contributed by atoms with Crippen LogP contribution in [0.25, 0.3) is 4.96 Å². The van der Waals surface area contributed by atoms with Gasteiger partial charge in [0.2, 0.25) is 5.91 Å². The van der Waals surface area contributed by atoms with Crippen molar-refractivity contribution in [2.45, 2.75) is 37.6 Å². The standard InChI is InChI=1S/C20H18F3N3O2S2/c21-20(22,23)12-4-3-5-13(8-12)24-17(27)11-29-10-14-9-18(28)26-15-6-1-2-7-16(15)30-19(26)25-14/h3-5,8-9H,1-2,6-7,10-11H2,(H,24,27). The van der Waals surface area contributed by atoms with Crippen molar-refractivity contribution in [2.75, 3.05) is 11.1 Å². The Balaban J connectivity index is 1.38. The van der Waals surface area contributed by atoms with Crippen LogP contribution in [0.2, 0.25) is 0 Å². The molecule has 1 amide bonds. The number of amides is 1. The summed E-state index contributed by atoms with van der Waals surface area (Å²) in [5.41, 5.74) is 0.833. The van der Waals surface area contributed by atoms with Gasteiger partial charge in [-0.3, -0.25) is 14.0 Å². The molecule has 0 aliphatic heterocycles. The summed E-state index contributed by atoms with van der Waals surface area (Å²) in [6.45, 7) is 0. The van der Waals surface area contributed by atoms with E-state index in [0.717, 1.165) is 43.5 Å². The monoisotopic (exact) mass is 453 g/mol. The molecule has 0 saturated carbocycles. The number of rotatable bonds is 5. The van der Waals surface area contributed by atoms with Crippen molar-refractivity contribution >= 4 is 39.7 Å². The van der Waals surface area contributed by atoms with Crippen molar-refractivity contribution in [1.29, 1.82) is 0 Å². The minimum Gasteiger partial charge on any atom is -0.325 e. The second kappa shape index (κ2) is 8.43. The summed E-state index contributed by atoms with van der Waals surface area (Å²) in [5, 5.41) is 2.47. The summed E-state index contributed by atoms with van der Waals surface area (Å²) in [5.74, 6) is -0.00792. The highest BCUT2D eigenvalue weighted by molar-refractivity contribution is 7.99. The number of aryl methyl sites for hydroxylation is 2. The molecular weight excluding hydrogens is 435 g/mol. The molecule has 30 heavy (non-hydrogen) atoms. The highest BCUT2D eigenvalue weighted by atomic mass is 32.2. The lowest BCUT2D eigenvalue weighted by molar-refractivity contribution is -0.137. The molecule has 3 aromatic rings. The Morgan fingerprint density at radius 1 is 1.23 bits per heavy atom. The molecule has 0 unspecified atom stereocenters. The summed E-state index contributed by atoms with van der Waals surface area (Å²) >= 11 is 2.80. The molecule has 1 aliphatic carbocycles. The van der Waals surface area contributed by atoms with Crippen LogP contribution in [0.15, 0.2) is 35.1 Å². The van der Waals surface area contributed by atoms with E-state index in [9.17, 15) is 22.8 Å². The van der Waals surface area contributed by atoms with Crippen molar-refractivity contribution in [3.63, 3.8) is 0 Å². The second-order valence-electron chi connectivity index (χ2n) is 7.00. The Labute approximate surface area is 178 Å². The molecule has 1 aliphatic rings. The molecular formula is C20H18F3N3O2S2. The lowest BCUT2D eigenvalue weighted by atomic mass is 10.0. The highest BCUT2D eigenvalue weighted by Gasteiger charge is 2.30. The largest absolute Gasteiger partial charge is 0.416 e. The normalized spacial score (nSPS) is 14.0. The van der Waals surface area contributed by atoms with E-state index in [1.54, 1.807) is 15.7 Å². The van der Waals surface area contributed by atoms with Crippen molar-refractivity contribution in [3.05, 3.63) is 62.5 Å². The third-order valence-corrected chi connectivity index (χ3v) is 6.88. The quantitative estimate of drug-likeness (QED) is 0.617. The first-order chi connectivity index (χ1) is 14.3. The Morgan fingerprint density at radius 3 is 2.83 bits per heavy atom. The number of carbonyl (C=O) groups excluding carboxylic acids is 1.